The van der Waals surface area contributed by atoms with E-state index in [1.165, 1.54) is 11.1 Å². The fourth-order valence-corrected chi connectivity index (χ4v) is 2.64. The van der Waals surface area contributed by atoms with Crippen molar-refractivity contribution in [2.75, 3.05) is 6.61 Å². The molecule has 2 aromatic carbocycles. The first-order valence-corrected chi connectivity index (χ1v) is 9.12. The lowest BCUT2D eigenvalue weighted by Gasteiger charge is -2.21. The molecule has 0 fully saturated rings. The molecule has 1 N–H and O–H groups in total. The van der Waals surface area contributed by atoms with Crippen molar-refractivity contribution >= 4 is 5.91 Å². The fraction of sp³-hybridized carbons (Fsp3) is 0.409. The minimum Gasteiger partial charge on any atom is -0.491 e. The topological polar surface area (TPSA) is 47.6 Å². The molecule has 26 heavy (non-hydrogen) atoms. The molecular formula is C22H29NO3. The van der Waals surface area contributed by atoms with Gasteiger partial charge in [-0.05, 0) is 57.9 Å². The van der Waals surface area contributed by atoms with Gasteiger partial charge in [-0.3, -0.25) is 4.79 Å². The standard InChI is InChI=1S/C22H29NO3/c1-6-20(26-21-12-9-16(3)13-17(21)4)22(24)23-18(5)14-25-19-10-7-15(2)8-11-19/h7-13,18,20H,6,14H2,1-5H3,(H,23,24). The summed E-state index contributed by atoms with van der Waals surface area (Å²) in [4.78, 5) is 12.5. The lowest BCUT2D eigenvalue weighted by molar-refractivity contribution is -0.129. The highest BCUT2D eigenvalue weighted by molar-refractivity contribution is 5.81. The van der Waals surface area contributed by atoms with Crippen molar-refractivity contribution in [3.05, 3.63) is 59.2 Å². The van der Waals surface area contributed by atoms with Gasteiger partial charge >= 0.3 is 0 Å². The summed E-state index contributed by atoms with van der Waals surface area (Å²) >= 11 is 0. The molecule has 0 bridgehead atoms. The van der Waals surface area contributed by atoms with Crippen LogP contribution >= 0.6 is 0 Å². The van der Waals surface area contributed by atoms with E-state index in [9.17, 15) is 4.79 Å². The number of carbonyl (C=O) groups is 1. The van der Waals surface area contributed by atoms with E-state index in [1.54, 1.807) is 0 Å². The summed E-state index contributed by atoms with van der Waals surface area (Å²) in [5.41, 5.74) is 3.40. The van der Waals surface area contributed by atoms with Crippen LogP contribution in [-0.2, 0) is 4.79 Å². The summed E-state index contributed by atoms with van der Waals surface area (Å²) < 4.78 is 11.7. The monoisotopic (exact) mass is 355 g/mol. The lowest BCUT2D eigenvalue weighted by Crippen LogP contribution is -2.44. The van der Waals surface area contributed by atoms with Gasteiger partial charge in [0.1, 0.15) is 18.1 Å². The van der Waals surface area contributed by atoms with Crippen LogP contribution in [0.4, 0.5) is 0 Å². The van der Waals surface area contributed by atoms with E-state index in [0.29, 0.717) is 13.0 Å². The van der Waals surface area contributed by atoms with E-state index in [-0.39, 0.29) is 11.9 Å². The number of rotatable bonds is 8. The highest BCUT2D eigenvalue weighted by Gasteiger charge is 2.21. The van der Waals surface area contributed by atoms with Crippen LogP contribution in [0.2, 0.25) is 0 Å². The summed E-state index contributed by atoms with van der Waals surface area (Å²) in [6, 6.07) is 13.7. The van der Waals surface area contributed by atoms with Crippen LogP contribution in [0.25, 0.3) is 0 Å². The van der Waals surface area contributed by atoms with E-state index in [1.807, 2.05) is 71.0 Å². The highest BCUT2D eigenvalue weighted by atomic mass is 16.5. The second-order valence-corrected chi connectivity index (χ2v) is 6.82. The van der Waals surface area contributed by atoms with Gasteiger partial charge in [-0.1, -0.05) is 42.3 Å². The highest BCUT2D eigenvalue weighted by Crippen LogP contribution is 2.21. The van der Waals surface area contributed by atoms with Crippen LogP contribution in [0.15, 0.2) is 42.5 Å². The van der Waals surface area contributed by atoms with Crippen molar-refractivity contribution in [1.82, 2.24) is 5.32 Å². The van der Waals surface area contributed by atoms with E-state index in [2.05, 4.69) is 11.4 Å². The molecule has 2 unspecified atom stereocenters. The fourth-order valence-electron chi connectivity index (χ4n) is 2.64. The number of nitrogens with one attached hydrogen (secondary N) is 1. The Labute approximate surface area is 156 Å². The van der Waals surface area contributed by atoms with Gasteiger partial charge in [0.05, 0.1) is 6.04 Å². The molecule has 2 aromatic rings. The molecule has 2 atom stereocenters. The van der Waals surface area contributed by atoms with E-state index < -0.39 is 6.10 Å². The van der Waals surface area contributed by atoms with Crippen LogP contribution in [-0.4, -0.2) is 24.7 Å². The first kappa shape index (κ1) is 19.8. The Morgan fingerprint density at radius 1 is 1.04 bits per heavy atom. The van der Waals surface area contributed by atoms with Crippen molar-refractivity contribution in [1.29, 1.82) is 0 Å². The molecule has 0 saturated heterocycles. The molecule has 0 aromatic heterocycles. The number of hydrogen-bond donors (Lipinski definition) is 1. The maximum absolute atomic E-state index is 12.5. The maximum Gasteiger partial charge on any atom is 0.261 e. The first-order chi connectivity index (χ1) is 12.4. The second kappa shape index (κ2) is 9.27. The van der Waals surface area contributed by atoms with Crippen LogP contribution < -0.4 is 14.8 Å². The SMILES string of the molecule is CCC(Oc1ccc(C)cc1C)C(=O)NC(C)COc1ccc(C)cc1. The van der Waals surface area contributed by atoms with Crippen LogP contribution in [0.3, 0.4) is 0 Å². The summed E-state index contributed by atoms with van der Waals surface area (Å²) in [7, 11) is 0. The Hall–Kier alpha value is -2.49. The van der Waals surface area contributed by atoms with Gasteiger partial charge in [0.2, 0.25) is 0 Å². The Morgan fingerprint density at radius 3 is 2.31 bits per heavy atom. The number of benzene rings is 2. The largest absolute Gasteiger partial charge is 0.491 e. The van der Waals surface area contributed by atoms with E-state index in [4.69, 9.17) is 9.47 Å². The van der Waals surface area contributed by atoms with Gasteiger partial charge in [0.25, 0.3) is 5.91 Å². The van der Waals surface area contributed by atoms with E-state index >= 15 is 0 Å². The molecule has 4 nitrogen and oxygen atoms in total. The average Bonchev–Trinajstić information content (AvgIpc) is 2.60. The Morgan fingerprint density at radius 2 is 1.69 bits per heavy atom. The minimum atomic E-state index is -0.516. The number of amides is 1. The quantitative estimate of drug-likeness (QED) is 0.766. The van der Waals surface area contributed by atoms with Crippen molar-refractivity contribution in [3.63, 3.8) is 0 Å². The zero-order valence-corrected chi connectivity index (χ0v) is 16.3. The lowest BCUT2D eigenvalue weighted by atomic mass is 10.1. The van der Waals surface area contributed by atoms with Crippen molar-refractivity contribution < 1.29 is 14.3 Å². The van der Waals surface area contributed by atoms with Gasteiger partial charge in [0, 0.05) is 0 Å². The molecule has 0 aliphatic heterocycles. The molecule has 0 radical (unpaired) electrons. The van der Waals surface area contributed by atoms with Crippen molar-refractivity contribution in [2.45, 2.75) is 53.2 Å². The summed E-state index contributed by atoms with van der Waals surface area (Å²) in [6.45, 7) is 10.3. The zero-order valence-electron chi connectivity index (χ0n) is 16.3. The predicted molar refractivity (Wildman–Crippen MR) is 105 cm³/mol. The van der Waals surface area contributed by atoms with Crippen LogP contribution in [0, 0.1) is 20.8 Å². The molecule has 140 valence electrons. The number of aryl methyl sites for hydroxylation is 3. The zero-order chi connectivity index (χ0) is 19.1. The second-order valence-electron chi connectivity index (χ2n) is 6.82. The first-order valence-electron chi connectivity index (χ1n) is 9.12. The molecular weight excluding hydrogens is 326 g/mol. The van der Waals surface area contributed by atoms with Crippen molar-refractivity contribution in [3.8, 4) is 11.5 Å². The molecule has 0 aliphatic carbocycles. The smallest absolute Gasteiger partial charge is 0.261 e. The summed E-state index contributed by atoms with van der Waals surface area (Å²) in [5, 5.41) is 2.97. The van der Waals surface area contributed by atoms with Gasteiger partial charge < -0.3 is 14.8 Å². The molecule has 0 heterocycles. The normalized spacial score (nSPS) is 13.0. The molecule has 0 spiro atoms. The number of carbonyl (C=O) groups excluding carboxylic acids is 1. The third-order valence-corrected chi connectivity index (χ3v) is 4.17. The van der Waals surface area contributed by atoms with E-state index in [0.717, 1.165) is 17.1 Å². The third-order valence-electron chi connectivity index (χ3n) is 4.17. The Bertz CT molecular complexity index is 725. The van der Waals surface area contributed by atoms with Gasteiger partial charge in [-0.25, -0.2) is 0 Å². The molecule has 0 saturated carbocycles. The van der Waals surface area contributed by atoms with Crippen LogP contribution in [0.1, 0.15) is 37.0 Å². The third kappa shape index (κ3) is 5.80. The van der Waals surface area contributed by atoms with Crippen LogP contribution in [0.5, 0.6) is 11.5 Å². The number of ether oxygens (including phenoxy) is 2. The summed E-state index contributed by atoms with van der Waals surface area (Å²) in [6.07, 6.45) is 0.0863. The predicted octanol–water partition coefficient (Wildman–Crippen LogP) is 4.35. The molecule has 1 amide bonds. The Balaban J connectivity index is 1.87. The van der Waals surface area contributed by atoms with Gasteiger partial charge in [-0.2, -0.15) is 0 Å². The molecule has 0 aliphatic rings. The van der Waals surface area contributed by atoms with Gasteiger partial charge in [0.15, 0.2) is 6.10 Å². The van der Waals surface area contributed by atoms with Gasteiger partial charge in [-0.15, -0.1) is 0 Å². The molecule has 4 heteroatoms. The number of hydrogen-bond acceptors (Lipinski definition) is 3. The molecule has 2 rings (SSSR count). The summed E-state index contributed by atoms with van der Waals surface area (Å²) in [5.74, 6) is 1.43. The average molecular weight is 355 g/mol. The van der Waals surface area contributed by atoms with Crippen molar-refractivity contribution in [2.24, 2.45) is 0 Å². The Kier molecular flexibility index (Phi) is 7.07. The minimum absolute atomic E-state index is 0.111. The maximum atomic E-state index is 12.5.